The van der Waals surface area contributed by atoms with E-state index in [9.17, 15) is 4.39 Å². The molecule has 0 fully saturated rings. The van der Waals surface area contributed by atoms with E-state index in [0.717, 1.165) is 30.0 Å². The van der Waals surface area contributed by atoms with E-state index in [2.05, 4.69) is 12.2 Å². The molecule has 0 aromatic heterocycles. The van der Waals surface area contributed by atoms with Crippen molar-refractivity contribution in [2.45, 2.75) is 25.1 Å². The molecule has 1 aromatic rings. The highest BCUT2D eigenvalue weighted by Gasteiger charge is 2.23. The molecule has 1 heterocycles. The normalized spacial score (nSPS) is 19.6. The summed E-state index contributed by atoms with van der Waals surface area (Å²) in [6, 6.07) is 3.65. The Bertz CT molecular complexity index is 384. The lowest BCUT2D eigenvalue weighted by Gasteiger charge is -2.27. The van der Waals surface area contributed by atoms with Gasteiger partial charge in [-0.15, -0.1) is 0 Å². The van der Waals surface area contributed by atoms with E-state index >= 15 is 0 Å². The maximum atomic E-state index is 13.3. The van der Waals surface area contributed by atoms with Crippen LogP contribution in [0, 0.1) is 5.82 Å². The quantitative estimate of drug-likeness (QED) is 0.887. The fourth-order valence-corrected chi connectivity index (χ4v) is 3.42. The molecule has 16 heavy (non-hydrogen) atoms. The molecule has 1 nitrogen and oxygen atoms in total. The fourth-order valence-electron chi connectivity index (χ4n) is 1.94. The van der Waals surface area contributed by atoms with Crippen molar-refractivity contribution in [2.75, 3.05) is 12.3 Å². The molecule has 2 rings (SSSR count). The van der Waals surface area contributed by atoms with Crippen molar-refractivity contribution in [1.29, 1.82) is 0 Å². The molecule has 0 spiro atoms. The van der Waals surface area contributed by atoms with Crippen molar-refractivity contribution in [3.8, 4) is 0 Å². The van der Waals surface area contributed by atoms with Crippen LogP contribution in [0.15, 0.2) is 12.1 Å². The Morgan fingerprint density at radius 1 is 1.56 bits per heavy atom. The summed E-state index contributed by atoms with van der Waals surface area (Å²) in [7, 11) is 0. The van der Waals surface area contributed by atoms with E-state index in [4.69, 9.17) is 11.6 Å². The third-order valence-electron chi connectivity index (χ3n) is 2.78. The second kappa shape index (κ2) is 5.39. The van der Waals surface area contributed by atoms with Crippen LogP contribution in [0.3, 0.4) is 0 Å². The highest BCUT2D eigenvalue weighted by molar-refractivity contribution is 7.98. The van der Waals surface area contributed by atoms with Crippen molar-refractivity contribution >= 4 is 23.4 Å². The van der Waals surface area contributed by atoms with Crippen molar-refractivity contribution in [2.24, 2.45) is 0 Å². The number of thioether (sulfide) groups is 1. The molecule has 0 aliphatic carbocycles. The lowest BCUT2D eigenvalue weighted by atomic mass is 10.0. The van der Waals surface area contributed by atoms with Gasteiger partial charge >= 0.3 is 0 Å². The van der Waals surface area contributed by atoms with Crippen LogP contribution in [-0.4, -0.2) is 12.3 Å². The number of fused-ring (bicyclic) bond motifs is 1. The first-order chi connectivity index (χ1) is 7.74. The van der Waals surface area contributed by atoms with Crippen LogP contribution in [-0.2, 0) is 5.75 Å². The van der Waals surface area contributed by atoms with Gasteiger partial charge in [0.15, 0.2) is 0 Å². The number of halogens is 2. The van der Waals surface area contributed by atoms with E-state index < -0.39 is 0 Å². The van der Waals surface area contributed by atoms with Gasteiger partial charge in [0, 0.05) is 17.5 Å². The molecule has 1 aliphatic rings. The van der Waals surface area contributed by atoms with Gasteiger partial charge < -0.3 is 5.32 Å². The largest absolute Gasteiger partial charge is 0.309 e. The van der Waals surface area contributed by atoms with Gasteiger partial charge in [0.2, 0.25) is 0 Å². The first-order valence-electron chi connectivity index (χ1n) is 5.52. The molecule has 1 atom stereocenters. The topological polar surface area (TPSA) is 12.0 Å². The lowest BCUT2D eigenvalue weighted by Crippen LogP contribution is -2.27. The summed E-state index contributed by atoms with van der Waals surface area (Å²) < 4.78 is 13.3. The number of benzene rings is 1. The zero-order valence-electron chi connectivity index (χ0n) is 9.22. The SMILES string of the molecule is CCCNC1CSCc2c1ccc(F)c2Cl. The second-order valence-electron chi connectivity index (χ2n) is 3.95. The molecule has 0 saturated heterocycles. The molecule has 1 aliphatic heterocycles. The average Bonchev–Trinajstić information content (AvgIpc) is 2.31. The summed E-state index contributed by atoms with van der Waals surface area (Å²) in [6.45, 7) is 3.13. The Morgan fingerprint density at radius 2 is 2.38 bits per heavy atom. The molecule has 1 N–H and O–H groups in total. The number of nitrogens with one attached hydrogen (secondary N) is 1. The van der Waals surface area contributed by atoms with Gasteiger partial charge in [-0.25, -0.2) is 4.39 Å². The maximum Gasteiger partial charge on any atom is 0.142 e. The third-order valence-corrected chi connectivity index (χ3v) is 4.25. The van der Waals surface area contributed by atoms with Crippen molar-refractivity contribution < 1.29 is 4.39 Å². The number of hydrogen-bond acceptors (Lipinski definition) is 2. The summed E-state index contributed by atoms with van der Waals surface area (Å²) in [6.07, 6.45) is 1.10. The highest BCUT2D eigenvalue weighted by Crippen LogP contribution is 2.36. The van der Waals surface area contributed by atoms with Crippen molar-refractivity contribution in [3.63, 3.8) is 0 Å². The minimum Gasteiger partial charge on any atom is -0.309 e. The molecule has 0 amide bonds. The number of hydrogen-bond donors (Lipinski definition) is 1. The summed E-state index contributed by atoms with van der Waals surface area (Å²) >= 11 is 7.80. The Labute approximate surface area is 105 Å². The van der Waals surface area contributed by atoms with Crippen LogP contribution in [0.25, 0.3) is 0 Å². The smallest absolute Gasteiger partial charge is 0.142 e. The van der Waals surface area contributed by atoms with Gasteiger partial charge in [-0.05, 0) is 30.2 Å². The van der Waals surface area contributed by atoms with Crippen LogP contribution >= 0.6 is 23.4 Å². The van der Waals surface area contributed by atoms with Gasteiger partial charge in [-0.2, -0.15) is 11.8 Å². The lowest BCUT2D eigenvalue weighted by molar-refractivity contribution is 0.567. The van der Waals surface area contributed by atoms with Crippen LogP contribution < -0.4 is 5.32 Å². The van der Waals surface area contributed by atoms with Crippen LogP contribution in [0.5, 0.6) is 0 Å². The van der Waals surface area contributed by atoms with Gasteiger partial charge in [0.05, 0.1) is 5.02 Å². The molecule has 1 unspecified atom stereocenters. The molecule has 0 saturated carbocycles. The zero-order chi connectivity index (χ0) is 11.5. The van der Waals surface area contributed by atoms with Crippen LogP contribution in [0.1, 0.15) is 30.5 Å². The molecular weight excluding hydrogens is 245 g/mol. The summed E-state index contributed by atoms with van der Waals surface area (Å²) in [5, 5.41) is 3.77. The van der Waals surface area contributed by atoms with Gasteiger partial charge in [0.25, 0.3) is 0 Å². The minimum absolute atomic E-state index is 0.299. The van der Waals surface area contributed by atoms with Crippen molar-refractivity contribution in [3.05, 3.63) is 34.1 Å². The predicted octanol–water partition coefficient (Wildman–Crippen LogP) is 3.77. The monoisotopic (exact) mass is 259 g/mol. The van der Waals surface area contributed by atoms with Crippen LogP contribution in [0.2, 0.25) is 5.02 Å². The zero-order valence-corrected chi connectivity index (χ0v) is 10.8. The first kappa shape index (κ1) is 12.2. The maximum absolute atomic E-state index is 13.3. The molecule has 88 valence electrons. The summed E-state index contributed by atoms with van der Waals surface area (Å²) in [5.41, 5.74) is 2.13. The van der Waals surface area contributed by atoms with E-state index in [1.807, 2.05) is 6.07 Å². The molecule has 1 aromatic carbocycles. The van der Waals surface area contributed by atoms with E-state index in [0.29, 0.717) is 11.1 Å². The standard InChI is InChI=1S/C12H15ClFNS/c1-2-5-15-11-7-16-6-9-8(11)3-4-10(14)12(9)13/h3-4,11,15H,2,5-7H2,1H3. The minimum atomic E-state index is -0.308. The van der Waals surface area contributed by atoms with Crippen LogP contribution in [0.4, 0.5) is 4.39 Å². The Hall–Kier alpha value is -0.250. The second-order valence-corrected chi connectivity index (χ2v) is 5.36. The Balaban J connectivity index is 2.28. The van der Waals surface area contributed by atoms with Gasteiger partial charge in [-0.1, -0.05) is 24.6 Å². The van der Waals surface area contributed by atoms with Gasteiger partial charge in [-0.3, -0.25) is 0 Å². The van der Waals surface area contributed by atoms with E-state index in [-0.39, 0.29) is 5.82 Å². The van der Waals surface area contributed by atoms with E-state index in [1.54, 1.807) is 11.8 Å². The fraction of sp³-hybridized carbons (Fsp3) is 0.500. The Morgan fingerprint density at radius 3 is 3.12 bits per heavy atom. The molecule has 4 heteroatoms. The third kappa shape index (κ3) is 2.36. The summed E-state index contributed by atoms with van der Waals surface area (Å²) in [5.74, 6) is 1.54. The summed E-state index contributed by atoms with van der Waals surface area (Å²) in [4.78, 5) is 0. The predicted molar refractivity (Wildman–Crippen MR) is 68.6 cm³/mol. The molecule has 0 bridgehead atoms. The molecular formula is C12H15ClFNS. The average molecular weight is 260 g/mol. The number of rotatable bonds is 3. The molecule has 0 radical (unpaired) electrons. The first-order valence-corrected chi connectivity index (χ1v) is 7.05. The Kier molecular flexibility index (Phi) is 4.11. The van der Waals surface area contributed by atoms with Crippen molar-refractivity contribution in [1.82, 2.24) is 5.32 Å². The highest BCUT2D eigenvalue weighted by atomic mass is 35.5. The van der Waals surface area contributed by atoms with Gasteiger partial charge in [0.1, 0.15) is 5.82 Å². The van der Waals surface area contributed by atoms with E-state index in [1.165, 1.54) is 11.6 Å².